The van der Waals surface area contributed by atoms with E-state index in [1.165, 1.54) is 0 Å². The second-order valence-corrected chi connectivity index (χ2v) is 6.29. The zero-order valence-corrected chi connectivity index (χ0v) is 13.1. The summed E-state index contributed by atoms with van der Waals surface area (Å²) in [6.07, 6.45) is 1.97. The molecule has 1 saturated heterocycles. The minimum atomic E-state index is -0.307. The van der Waals surface area contributed by atoms with Crippen molar-refractivity contribution >= 4 is 27.7 Å². The van der Waals surface area contributed by atoms with Gasteiger partial charge in [-0.05, 0) is 37.5 Å². The molecule has 0 saturated carbocycles. The number of nitrogens with zero attached hydrogens (tertiary/aromatic N) is 1. The minimum absolute atomic E-state index is 0.0609. The standard InChI is InChI=1S/C15H19BrN2O2/c1-10-2-5-12(15(17)20)9-18(10)14(19)8-11-3-6-13(16)7-4-11/h3-4,6-7,10,12H,2,5,8-9H2,1H3,(H2,17,20)/t10-,12+/m0/s1. The third-order valence-electron chi connectivity index (χ3n) is 3.87. The van der Waals surface area contributed by atoms with Gasteiger partial charge in [-0.15, -0.1) is 0 Å². The van der Waals surface area contributed by atoms with Crippen LogP contribution in [0.2, 0.25) is 0 Å². The van der Waals surface area contributed by atoms with Gasteiger partial charge in [0.2, 0.25) is 11.8 Å². The van der Waals surface area contributed by atoms with Gasteiger partial charge in [-0.3, -0.25) is 9.59 Å². The van der Waals surface area contributed by atoms with Crippen molar-refractivity contribution in [1.29, 1.82) is 0 Å². The molecular weight excluding hydrogens is 320 g/mol. The van der Waals surface area contributed by atoms with E-state index in [0.29, 0.717) is 13.0 Å². The smallest absolute Gasteiger partial charge is 0.227 e. The van der Waals surface area contributed by atoms with Crippen LogP contribution in [-0.2, 0) is 16.0 Å². The quantitative estimate of drug-likeness (QED) is 0.917. The number of carbonyl (C=O) groups excluding carboxylic acids is 2. The average molecular weight is 339 g/mol. The van der Waals surface area contributed by atoms with E-state index in [4.69, 9.17) is 5.73 Å². The predicted octanol–water partition coefficient (Wildman–Crippen LogP) is 2.10. The van der Waals surface area contributed by atoms with Crippen molar-refractivity contribution in [1.82, 2.24) is 4.90 Å². The molecule has 1 fully saturated rings. The summed E-state index contributed by atoms with van der Waals surface area (Å²) in [5.74, 6) is -0.454. The number of likely N-dealkylation sites (tertiary alicyclic amines) is 1. The van der Waals surface area contributed by atoms with Gasteiger partial charge in [0.15, 0.2) is 0 Å². The maximum absolute atomic E-state index is 12.4. The van der Waals surface area contributed by atoms with Gasteiger partial charge in [0.1, 0.15) is 0 Å². The molecule has 0 unspecified atom stereocenters. The third kappa shape index (κ3) is 3.60. The second kappa shape index (κ2) is 6.39. The van der Waals surface area contributed by atoms with Crippen LogP contribution in [0, 0.1) is 5.92 Å². The summed E-state index contributed by atoms with van der Waals surface area (Å²) < 4.78 is 0.994. The van der Waals surface area contributed by atoms with Crippen LogP contribution in [0.1, 0.15) is 25.3 Å². The number of hydrogen-bond donors (Lipinski definition) is 1. The Morgan fingerprint density at radius 1 is 1.30 bits per heavy atom. The van der Waals surface area contributed by atoms with Gasteiger partial charge in [0, 0.05) is 17.1 Å². The van der Waals surface area contributed by atoms with Crippen LogP contribution in [-0.4, -0.2) is 29.3 Å². The highest BCUT2D eigenvalue weighted by Crippen LogP contribution is 2.22. The summed E-state index contributed by atoms with van der Waals surface area (Å²) in [4.78, 5) is 25.5. The molecule has 1 aliphatic rings. The molecule has 0 aliphatic carbocycles. The van der Waals surface area contributed by atoms with E-state index in [1.54, 1.807) is 4.90 Å². The monoisotopic (exact) mass is 338 g/mol. The number of carbonyl (C=O) groups is 2. The first-order chi connectivity index (χ1) is 9.47. The van der Waals surface area contributed by atoms with Crippen molar-refractivity contribution in [3.8, 4) is 0 Å². The number of primary amides is 1. The van der Waals surface area contributed by atoms with Gasteiger partial charge in [0.25, 0.3) is 0 Å². The first-order valence-corrected chi connectivity index (χ1v) is 7.60. The van der Waals surface area contributed by atoms with Crippen LogP contribution in [0.25, 0.3) is 0 Å². The Balaban J connectivity index is 2.03. The van der Waals surface area contributed by atoms with Gasteiger partial charge in [0.05, 0.1) is 12.3 Å². The fourth-order valence-corrected chi connectivity index (χ4v) is 2.83. The fraction of sp³-hybridized carbons (Fsp3) is 0.467. The molecule has 0 radical (unpaired) electrons. The number of halogens is 1. The zero-order valence-electron chi connectivity index (χ0n) is 11.5. The summed E-state index contributed by atoms with van der Waals surface area (Å²) in [6, 6.07) is 7.89. The summed E-state index contributed by atoms with van der Waals surface area (Å²) in [7, 11) is 0. The first kappa shape index (κ1) is 15.0. The zero-order chi connectivity index (χ0) is 14.7. The lowest BCUT2D eigenvalue weighted by Crippen LogP contribution is -2.49. The molecule has 2 rings (SSSR count). The molecular formula is C15H19BrN2O2. The lowest BCUT2D eigenvalue weighted by molar-refractivity contribution is -0.136. The van der Waals surface area contributed by atoms with Crippen LogP contribution in [0.4, 0.5) is 0 Å². The molecule has 1 aromatic rings. The lowest BCUT2D eigenvalue weighted by atomic mass is 9.92. The van der Waals surface area contributed by atoms with E-state index in [2.05, 4.69) is 15.9 Å². The number of benzene rings is 1. The molecule has 0 spiro atoms. The van der Waals surface area contributed by atoms with E-state index in [1.807, 2.05) is 31.2 Å². The van der Waals surface area contributed by atoms with Crippen molar-refractivity contribution in [2.75, 3.05) is 6.54 Å². The Morgan fingerprint density at radius 3 is 2.55 bits per heavy atom. The van der Waals surface area contributed by atoms with Crippen LogP contribution in [0.5, 0.6) is 0 Å². The van der Waals surface area contributed by atoms with Gasteiger partial charge < -0.3 is 10.6 Å². The van der Waals surface area contributed by atoms with E-state index < -0.39 is 0 Å². The van der Waals surface area contributed by atoms with E-state index in [-0.39, 0.29) is 23.8 Å². The van der Waals surface area contributed by atoms with Crippen molar-refractivity contribution in [2.24, 2.45) is 11.7 Å². The summed E-state index contributed by atoms with van der Waals surface area (Å²) in [6.45, 7) is 2.47. The average Bonchev–Trinajstić information content (AvgIpc) is 2.41. The van der Waals surface area contributed by atoms with Gasteiger partial charge >= 0.3 is 0 Å². The van der Waals surface area contributed by atoms with Gasteiger partial charge in [-0.1, -0.05) is 28.1 Å². The SMILES string of the molecule is C[C@H]1CC[C@@H](C(N)=O)CN1C(=O)Cc1ccc(Br)cc1. The summed E-state index contributed by atoms with van der Waals surface area (Å²) >= 11 is 3.37. The van der Waals surface area contributed by atoms with Crippen molar-refractivity contribution in [3.63, 3.8) is 0 Å². The molecule has 20 heavy (non-hydrogen) atoms. The molecule has 1 heterocycles. The van der Waals surface area contributed by atoms with Crippen molar-refractivity contribution < 1.29 is 9.59 Å². The van der Waals surface area contributed by atoms with Crippen LogP contribution in [0.3, 0.4) is 0 Å². The van der Waals surface area contributed by atoms with Gasteiger partial charge in [-0.25, -0.2) is 0 Å². The molecule has 0 aromatic heterocycles. The summed E-state index contributed by atoms with van der Waals surface area (Å²) in [5, 5.41) is 0. The number of rotatable bonds is 3. The molecule has 108 valence electrons. The Hall–Kier alpha value is -1.36. The first-order valence-electron chi connectivity index (χ1n) is 6.80. The Kier molecular flexibility index (Phi) is 4.81. The van der Waals surface area contributed by atoms with Crippen LogP contribution < -0.4 is 5.73 Å². The number of nitrogens with two attached hydrogens (primary N) is 1. The number of piperidine rings is 1. The Morgan fingerprint density at radius 2 is 1.95 bits per heavy atom. The Labute approximate surface area is 127 Å². The number of amides is 2. The molecule has 2 atom stereocenters. The summed E-state index contributed by atoms with van der Waals surface area (Å²) in [5.41, 5.74) is 6.34. The molecule has 2 N–H and O–H groups in total. The predicted molar refractivity (Wildman–Crippen MR) is 80.9 cm³/mol. The van der Waals surface area contributed by atoms with Crippen molar-refractivity contribution in [2.45, 2.75) is 32.2 Å². The van der Waals surface area contributed by atoms with Crippen LogP contribution >= 0.6 is 15.9 Å². The normalized spacial score (nSPS) is 22.6. The minimum Gasteiger partial charge on any atom is -0.369 e. The topological polar surface area (TPSA) is 63.4 Å². The second-order valence-electron chi connectivity index (χ2n) is 5.38. The largest absolute Gasteiger partial charge is 0.369 e. The van der Waals surface area contributed by atoms with E-state index >= 15 is 0 Å². The van der Waals surface area contributed by atoms with Gasteiger partial charge in [-0.2, -0.15) is 0 Å². The molecule has 4 nitrogen and oxygen atoms in total. The fourth-order valence-electron chi connectivity index (χ4n) is 2.57. The highest BCUT2D eigenvalue weighted by Gasteiger charge is 2.31. The van der Waals surface area contributed by atoms with Crippen LogP contribution in [0.15, 0.2) is 28.7 Å². The molecule has 2 amide bonds. The van der Waals surface area contributed by atoms with E-state index in [9.17, 15) is 9.59 Å². The molecule has 1 aliphatic heterocycles. The lowest BCUT2D eigenvalue weighted by Gasteiger charge is -2.37. The van der Waals surface area contributed by atoms with Crippen molar-refractivity contribution in [3.05, 3.63) is 34.3 Å². The highest BCUT2D eigenvalue weighted by atomic mass is 79.9. The Bertz CT molecular complexity index is 501. The number of hydrogen-bond acceptors (Lipinski definition) is 2. The maximum Gasteiger partial charge on any atom is 0.227 e. The molecule has 0 bridgehead atoms. The highest BCUT2D eigenvalue weighted by molar-refractivity contribution is 9.10. The van der Waals surface area contributed by atoms with E-state index in [0.717, 1.165) is 22.9 Å². The molecule has 1 aromatic carbocycles. The third-order valence-corrected chi connectivity index (χ3v) is 4.40. The molecule has 5 heteroatoms. The maximum atomic E-state index is 12.4.